The van der Waals surface area contributed by atoms with Gasteiger partial charge in [-0.25, -0.2) is 9.37 Å². The van der Waals surface area contributed by atoms with Crippen LogP contribution in [0.3, 0.4) is 0 Å². The number of Topliss-reactive ketones (excluding diaryl/α,β-unsaturated/α-hetero) is 1. The number of anilines is 3. The summed E-state index contributed by atoms with van der Waals surface area (Å²) in [5, 5.41) is 6.34. The number of rotatable bonds is 7. The smallest absolute Gasteiger partial charge is 0.229 e. The Morgan fingerprint density at radius 3 is 2.46 bits per heavy atom. The van der Waals surface area contributed by atoms with Crippen LogP contribution in [0.4, 0.5) is 21.8 Å². The number of hydrogen-bond acceptors (Lipinski definition) is 5. The van der Waals surface area contributed by atoms with E-state index in [9.17, 15) is 9.18 Å². The molecule has 0 saturated heterocycles. The van der Waals surface area contributed by atoms with Gasteiger partial charge in [-0.3, -0.25) is 4.79 Å². The van der Waals surface area contributed by atoms with Gasteiger partial charge in [0.2, 0.25) is 5.95 Å². The lowest BCUT2D eigenvalue weighted by Gasteiger charge is -2.09. The second-order valence-electron chi connectivity index (χ2n) is 5.83. The van der Waals surface area contributed by atoms with Gasteiger partial charge in [-0.2, -0.15) is 4.98 Å². The Hall–Kier alpha value is -3.28. The molecule has 0 spiro atoms. The van der Waals surface area contributed by atoms with Crippen LogP contribution in [0.5, 0.6) is 0 Å². The van der Waals surface area contributed by atoms with E-state index in [1.807, 2.05) is 12.1 Å². The molecular formula is C20H19FN4O. The molecule has 0 atom stereocenters. The maximum atomic E-state index is 12.9. The van der Waals surface area contributed by atoms with Crippen LogP contribution >= 0.6 is 0 Å². The van der Waals surface area contributed by atoms with Crippen molar-refractivity contribution in [3.63, 3.8) is 0 Å². The van der Waals surface area contributed by atoms with Gasteiger partial charge < -0.3 is 10.6 Å². The van der Waals surface area contributed by atoms with E-state index in [-0.39, 0.29) is 11.6 Å². The van der Waals surface area contributed by atoms with Gasteiger partial charge in [0.1, 0.15) is 11.6 Å². The van der Waals surface area contributed by atoms with E-state index < -0.39 is 0 Å². The maximum absolute atomic E-state index is 12.9. The van der Waals surface area contributed by atoms with Crippen molar-refractivity contribution in [1.29, 1.82) is 0 Å². The van der Waals surface area contributed by atoms with Gasteiger partial charge in [-0.05, 0) is 61.4 Å². The summed E-state index contributed by atoms with van der Waals surface area (Å²) in [5.74, 6) is 0.960. The molecule has 0 aliphatic carbocycles. The van der Waals surface area contributed by atoms with E-state index in [1.165, 1.54) is 19.1 Å². The fourth-order valence-electron chi connectivity index (χ4n) is 2.42. The monoisotopic (exact) mass is 350 g/mol. The van der Waals surface area contributed by atoms with Gasteiger partial charge in [0.15, 0.2) is 5.78 Å². The molecule has 3 aromatic rings. The van der Waals surface area contributed by atoms with Crippen molar-refractivity contribution in [3.05, 3.63) is 77.7 Å². The molecule has 2 N–H and O–H groups in total. The van der Waals surface area contributed by atoms with Crippen LogP contribution in [0.25, 0.3) is 0 Å². The summed E-state index contributed by atoms with van der Waals surface area (Å²) >= 11 is 0. The van der Waals surface area contributed by atoms with Gasteiger partial charge in [0, 0.05) is 24.0 Å². The SMILES string of the molecule is CC(=O)c1ccc(Nc2nccc(NCCc3ccc(F)cc3)n2)cc1. The van der Waals surface area contributed by atoms with Crippen molar-refractivity contribution in [1.82, 2.24) is 9.97 Å². The number of nitrogens with one attached hydrogen (secondary N) is 2. The van der Waals surface area contributed by atoms with E-state index in [1.54, 1.807) is 36.5 Å². The standard InChI is InChI=1S/C20H19FN4O/c1-14(26)16-4-8-18(9-5-16)24-20-23-13-11-19(25-20)22-12-10-15-2-6-17(21)7-3-15/h2-9,11,13H,10,12H2,1H3,(H2,22,23,24,25). The molecule has 0 aliphatic rings. The number of aromatic nitrogens is 2. The third-order valence-corrected chi connectivity index (χ3v) is 3.84. The van der Waals surface area contributed by atoms with Crippen LogP contribution < -0.4 is 10.6 Å². The van der Waals surface area contributed by atoms with Crippen LogP contribution in [0.1, 0.15) is 22.8 Å². The molecule has 0 bridgehead atoms. The summed E-state index contributed by atoms with van der Waals surface area (Å²) in [6.45, 7) is 2.21. The number of hydrogen-bond donors (Lipinski definition) is 2. The molecule has 1 heterocycles. The highest BCUT2D eigenvalue weighted by Crippen LogP contribution is 2.15. The number of carbonyl (C=O) groups excluding carboxylic acids is 1. The zero-order chi connectivity index (χ0) is 18.4. The predicted molar refractivity (Wildman–Crippen MR) is 100 cm³/mol. The fourth-order valence-corrected chi connectivity index (χ4v) is 2.42. The van der Waals surface area contributed by atoms with Crippen molar-refractivity contribution in [2.24, 2.45) is 0 Å². The molecule has 0 saturated carbocycles. The average molecular weight is 350 g/mol. The van der Waals surface area contributed by atoms with Gasteiger partial charge in [-0.15, -0.1) is 0 Å². The molecule has 6 heteroatoms. The van der Waals surface area contributed by atoms with Crippen molar-refractivity contribution < 1.29 is 9.18 Å². The third kappa shape index (κ3) is 4.86. The number of carbonyl (C=O) groups is 1. The summed E-state index contributed by atoms with van der Waals surface area (Å²) in [5.41, 5.74) is 2.52. The first kappa shape index (κ1) is 17.5. The van der Waals surface area contributed by atoms with Gasteiger partial charge in [-0.1, -0.05) is 12.1 Å². The topological polar surface area (TPSA) is 66.9 Å². The zero-order valence-corrected chi connectivity index (χ0v) is 14.4. The van der Waals surface area contributed by atoms with Crippen molar-refractivity contribution in [2.45, 2.75) is 13.3 Å². The molecule has 0 fully saturated rings. The minimum Gasteiger partial charge on any atom is -0.370 e. The molecule has 0 radical (unpaired) electrons. The number of ketones is 1. The lowest BCUT2D eigenvalue weighted by molar-refractivity contribution is 0.101. The Balaban J connectivity index is 1.57. The number of halogens is 1. The van der Waals surface area contributed by atoms with Gasteiger partial charge in [0.05, 0.1) is 0 Å². The molecule has 0 aliphatic heterocycles. The third-order valence-electron chi connectivity index (χ3n) is 3.84. The van der Waals surface area contributed by atoms with Crippen molar-refractivity contribution >= 4 is 23.2 Å². The highest BCUT2D eigenvalue weighted by molar-refractivity contribution is 5.94. The van der Waals surface area contributed by atoms with Crippen molar-refractivity contribution in [2.75, 3.05) is 17.2 Å². The van der Waals surface area contributed by atoms with E-state index in [0.717, 1.165) is 17.7 Å². The molecule has 0 amide bonds. The maximum Gasteiger partial charge on any atom is 0.229 e. The molecule has 132 valence electrons. The lowest BCUT2D eigenvalue weighted by atomic mass is 10.1. The Bertz CT molecular complexity index is 879. The molecule has 3 rings (SSSR count). The average Bonchev–Trinajstić information content (AvgIpc) is 2.64. The Kier molecular flexibility index (Phi) is 5.53. The van der Waals surface area contributed by atoms with Crippen LogP contribution in [0.2, 0.25) is 0 Å². The quantitative estimate of drug-likeness (QED) is 0.625. The first-order chi connectivity index (χ1) is 12.6. The van der Waals surface area contributed by atoms with E-state index in [2.05, 4.69) is 20.6 Å². The number of nitrogens with zero attached hydrogens (tertiary/aromatic N) is 2. The minimum absolute atomic E-state index is 0.0279. The highest BCUT2D eigenvalue weighted by Gasteiger charge is 2.02. The molecule has 0 unspecified atom stereocenters. The van der Waals surface area contributed by atoms with Crippen LogP contribution in [0, 0.1) is 5.82 Å². The van der Waals surface area contributed by atoms with Crippen LogP contribution in [-0.2, 0) is 6.42 Å². The van der Waals surface area contributed by atoms with Crippen molar-refractivity contribution in [3.8, 4) is 0 Å². The second-order valence-corrected chi connectivity index (χ2v) is 5.83. The first-order valence-corrected chi connectivity index (χ1v) is 8.29. The molecule has 5 nitrogen and oxygen atoms in total. The van der Waals surface area contributed by atoms with E-state index in [0.29, 0.717) is 23.9 Å². The number of benzene rings is 2. The molecule has 1 aromatic heterocycles. The Morgan fingerprint density at radius 1 is 1.04 bits per heavy atom. The van der Waals surface area contributed by atoms with Crippen LogP contribution in [0.15, 0.2) is 60.8 Å². The van der Waals surface area contributed by atoms with Gasteiger partial charge in [0.25, 0.3) is 0 Å². The second kappa shape index (κ2) is 8.20. The summed E-state index contributed by atoms with van der Waals surface area (Å²) in [4.78, 5) is 19.9. The summed E-state index contributed by atoms with van der Waals surface area (Å²) in [6, 6.07) is 15.4. The fraction of sp³-hybridized carbons (Fsp3) is 0.150. The first-order valence-electron chi connectivity index (χ1n) is 8.29. The van der Waals surface area contributed by atoms with Crippen LogP contribution in [-0.4, -0.2) is 22.3 Å². The minimum atomic E-state index is -0.232. The molecule has 26 heavy (non-hydrogen) atoms. The molecular weight excluding hydrogens is 331 g/mol. The summed E-state index contributed by atoms with van der Waals surface area (Å²) in [6.07, 6.45) is 2.43. The summed E-state index contributed by atoms with van der Waals surface area (Å²) in [7, 11) is 0. The predicted octanol–water partition coefficient (Wildman–Crippen LogP) is 4.22. The zero-order valence-electron chi connectivity index (χ0n) is 14.4. The van der Waals surface area contributed by atoms with E-state index >= 15 is 0 Å². The Morgan fingerprint density at radius 2 is 1.77 bits per heavy atom. The highest BCUT2D eigenvalue weighted by atomic mass is 19.1. The lowest BCUT2D eigenvalue weighted by Crippen LogP contribution is -2.07. The summed E-state index contributed by atoms with van der Waals surface area (Å²) < 4.78 is 12.9. The normalized spacial score (nSPS) is 10.4. The van der Waals surface area contributed by atoms with E-state index in [4.69, 9.17) is 0 Å². The largest absolute Gasteiger partial charge is 0.370 e. The molecule has 2 aromatic carbocycles. The van der Waals surface area contributed by atoms with Gasteiger partial charge >= 0.3 is 0 Å². The Labute approximate surface area is 151 Å².